The first-order valence-electron chi connectivity index (χ1n) is 10.9. The van der Waals surface area contributed by atoms with Crippen molar-refractivity contribution in [3.05, 3.63) is 84.1 Å². The van der Waals surface area contributed by atoms with Gasteiger partial charge < -0.3 is 24.8 Å². The lowest BCUT2D eigenvalue weighted by Gasteiger charge is -2.16. The molecule has 0 radical (unpaired) electrons. The molecule has 0 unspecified atom stereocenters. The number of benzene rings is 3. The Morgan fingerprint density at radius 3 is 2.24 bits per heavy atom. The second kappa shape index (κ2) is 10.1. The average Bonchev–Trinajstić information content (AvgIpc) is 2.84. The maximum Gasteiger partial charge on any atom is 0.319 e. The zero-order valence-corrected chi connectivity index (χ0v) is 19.6. The molecule has 3 aromatic carbocycles. The van der Waals surface area contributed by atoms with E-state index < -0.39 is 0 Å². The van der Waals surface area contributed by atoms with Crippen molar-refractivity contribution in [2.75, 3.05) is 19.5 Å². The van der Waals surface area contributed by atoms with E-state index in [0.717, 1.165) is 16.5 Å². The van der Waals surface area contributed by atoms with E-state index in [-0.39, 0.29) is 12.1 Å². The Balaban J connectivity index is 1.43. The van der Waals surface area contributed by atoms with E-state index in [1.54, 1.807) is 50.7 Å². The molecule has 34 heavy (non-hydrogen) atoms. The van der Waals surface area contributed by atoms with Gasteiger partial charge in [-0.2, -0.15) is 0 Å². The Morgan fingerprint density at radius 1 is 0.882 bits per heavy atom. The molecule has 0 bridgehead atoms. The highest BCUT2D eigenvalue weighted by Gasteiger charge is 2.12. The van der Waals surface area contributed by atoms with Crippen LogP contribution in [-0.2, 0) is 0 Å². The Hall–Kier alpha value is -4.26. The van der Waals surface area contributed by atoms with Crippen molar-refractivity contribution >= 4 is 22.6 Å². The number of carbonyl (C=O) groups is 1. The summed E-state index contributed by atoms with van der Waals surface area (Å²) in [5, 5.41) is 6.60. The number of aryl methyl sites for hydroxylation is 1. The van der Waals surface area contributed by atoms with Crippen molar-refractivity contribution < 1.29 is 19.0 Å². The fourth-order valence-corrected chi connectivity index (χ4v) is 3.57. The lowest BCUT2D eigenvalue weighted by Crippen LogP contribution is -2.31. The van der Waals surface area contributed by atoms with E-state index >= 15 is 0 Å². The van der Waals surface area contributed by atoms with Gasteiger partial charge in [0.2, 0.25) is 0 Å². The highest BCUT2D eigenvalue weighted by atomic mass is 16.5. The van der Waals surface area contributed by atoms with Gasteiger partial charge in [0, 0.05) is 23.3 Å². The number of nitrogens with one attached hydrogen (secondary N) is 2. The molecular formula is C27H27N3O4. The van der Waals surface area contributed by atoms with Crippen molar-refractivity contribution in [3.63, 3.8) is 0 Å². The summed E-state index contributed by atoms with van der Waals surface area (Å²) < 4.78 is 16.9. The Bertz CT molecular complexity index is 1290. The van der Waals surface area contributed by atoms with Gasteiger partial charge in [-0.25, -0.2) is 4.79 Å². The van der Waals surface area contributed by atoms with Gasteiger partial charge >= 0.3 is 6.03 Å². The Morgan fingerprint density at radius 2 is 1.56 bits per heavy atom. The van der Waals surface area contributed by atoms with Crippen LogP contribution in [0.4, 0.5) is 10.5 Å². The van der Waals surface area contributed by atoms with E-state index in [9.17, 15) is 4.79 Å². The average molecular weight is 458 g/mol. The number of pyridine rings is 1. The number of carbonyl (C=O) groups excluding carboxylic acids is 1. The van der Waals surface area contributed by atoms with Crippen LogP contribution in [0.25, 0.3) is 10.9 Å². The topological polar surface area (TPSA) is 81.7 Å². The van der Waals surface area contributed by atoms with Gasteiger partial charge in [0.1, 0.15) is 11.5 Å². The zero-order chi connectivity index (χ0) is 24.1. The number of rotatable bonds is 7. The van der Waals surface area contributed by atoms with Gasteiger partial charge in [-0.15, -0.1) is 0 Å². The first kappa shape index (κ1) is 22.9. The molecule has 2 N–H and O–H groups in total. The number of hydrogen-bond donors (Lipinski definition) is 2. The molecule has 7 nitrogen and oxygen atoms in total. The summed E-state index contributed by atoms with van der Waals surface area (Å²) in [5.41, 5.74) is 3.62. The maximum atomic E-state index is 12.4. The number of aromatic nitrogens is 1. The van der Waals surface area contributed by atoms with Crippen LogP contribution in [0.3, 0.4) is 0 Å². The molecular weight excluding hydrogens is 430 g/mol. The predicted octanol–water partition coefficient (Wildman–Crippen LogP) is 6.24. The van der Waals surface area contributed by atoms with Crippen molar-refractivity contribution in [2.45, 2.75) is 19.9 Å². The van der Waals surface area contributed by atoms with Gasteiger partial charge in [0.25, 0.3) is 0 Å². The molecule has 174 valence electrons. The number of methoxy groups -OCH3 is 2. The largest absolute Gasteiger partial charge is 0.493 e. The molecule has 0 fully saturated rings. The second-order valence-electron chi connectivity index (χ2n) is 7.89. The normalized spacial score (nSPS) is 11.5. The third-order valence-corrected chi connectivity index (χ3v) is 5.47. The molecule has 0 spiro atoms. The maximum absolute atomic E-state index is 12.4. The number of hydrogen-bond acceptors (Lipinski definition) is 5. The molecule has 2 amide bonds. The van der Waals surface area contributed by atoms with Crippen LogP contribution >= 0.6 is 0 Å². The summed E-state index contributed by atoms with van der Waals surface area (Å²) in [5.74, 6) is 2.46. The van der Waals surface area contributed by atoms with Crippen LogP contribution in [-0.4, -0.2) is 25.2 Å². The monoisotopic (exact) mass is 457 g/mol. The van der Waals surface area contributed by atoms with Crippen molar-refractivity contribution in [1.29, 1.82) is 0 Å². The molecule has 0 aliphatic heterocycles. The quantitative estimate of drug-likeness (QED) is 0.344. The van der Waals surface area contributed by atoms with Gasteiger partial charge in [0.05, 0.1) is 25.8 Å². The van der Waals surface area contributed by atoms with Crippen molar-refractivity contribution in [1.82, 2.24) is 10.3 Å². The number of ether oxygens (including phenoxy) is 3. The van der Waals surface area contributed by atoms with Crippen molar-refractivity contribution in [3.8, 4) is 23.0 Å². The zero-order valence-electron chi connectivity index (χ0n) is 19.6. The fourth-order valence-electron chi connectivity index (χ4n) is 3.57. The molecule has 4 rings (SSSR count). The Kier molecular flexibility index (Phi) is 6.82. The minimum absolute atomic E-state index is 0.112. The van der Waals surface area contributed by atoms with Crippen molar-refractivity contribution in [2.24, 2.45) is 0 Å². The third kappa shape index (κ3) is 5.20. The highest BCUT2D eigenvalue weighted by Crippen LogP contribution is 2.37. The highest BCUT2D eigenvalue weighted by molar-refractivity contribution is 5.90. The molecule has 0 saturated heterocycles. The summed E-state index contributed by atoms with van der Waals surface area (Å²) in [6.07, 6.45) is 1.68. The van der Waals surface area contributed by atoms with E-state index in [2.05, 4.69) is 15.6 Å². The number of anilines is 1. The molecule has 4 aromatic rings. The summed E-state index contributed by atoms with van der Waals surface area (Å²) in [4.78, 5) is 16.8. The van der Waals surface area contributed by atoms with Gasteiger partial charge in [-0.3, -0.25) is 4.98 Å². The molecule has 0 aliphatic rings. The SMILES string of the molecule is COc1cc2nccc(Oc3ccc(NC(=O)N[C@@H](C)c4ccc(C)cc4)cc3)c2cc1OC. The van der Waals surface area contributed by atoms with Crippen LogP contribution in [0.5, 0.6) is 23.0 Å². The summed E-state index contributed by atoms with van der Waals surface area (Å²) in [7, 11) is 3.17. The van der Waals surface area contributed by atoms with Gasteiger partial charge in [-0.1, -0.05) is 29.8 Å². The van der Waals surface area contributed by atoms with Gasteiger partial charge in [-0.05, 0) is 55.8 Å². The molecule has 1 aromatic heterocycles. The predicted molar refractivity (Wildman–Crippen MR) is 133 cm³/mol. The first-order valence-corrected chi connectivity index (χ1v) is 10.9. The summed E-state index contributed by atoms with van der Waals surface area (Å²) in [6.45, 7) is 3.98. The van der Waals surface area contributed by atoms with E-state index in [1.807, 2.05) is 50.2 Å². The lowest BCUT2D eigenvalue weighted by molar-refractivity contribution is 0.249. The van der Waals surface area contributed by atoms with Crippen LogP contribution in [0.15, 0.2) is 72.9 Å². The lowest BCUT2D eigenvalue weighted by atomic mass is 10.1. The van der Waals surface area contributed by atoms with Crippen LogP contribution < -0.4 is 24.8 Å². The number of amides is 2. The van der Waals surface area contributed by atoms with E-state index in [0.29, 0.717) is 28.7 Å². The number of nitrogens with zero attached hydrogens (tertiary/aromatic N) is 1. The third-order valence-electron chi connectivity index (χ3n) is 5.47. The van der Waals surface area contributed by atoms with Gasteiger partial charge in [0.15, 0.2) is 11.5 Å². The van der Waals surface area contributed by atoms with E-state index in [4.69, 9.17) is 14.2 Å². The molecule has 7 heteroatoms. The van der Waals surface area contributed by atoms with Crippen LogP contribution in [0, 0.1) is 6.92 Å². The summed E-state index contributed by atoms with van der Waals surface area (Å²) >= 11 is 0. The minimum atomic E-state index is -0.275. The number of fused-ring (bicyclic) bond motifs is 1. The smallest absolute Gasteiger partial charge is 0.319 e. The molecule has 1 atom stereocenters. The molecule has 1 heterocycles. The van der Waals surface area contributed by atoms with Crippen LogP contribution in [0.1, 0.15) is 24.1 Å². The minimum Gasteiger partial charge on any atom is -0.493 e. The van der Waals surface area contributed by atoms with E-state index in [1.165, 1.54) is 5.56 Å². The fraction of sp³-hybridized carbons (Fsp3) is 0.185. The number of urea groups is 1. The first-order chi connectivity index (χ1) is 16.5. The standard InChI is InChI=1S/C27H27N3O4/c1-17-5-7-19(8-6-17)18(2)29-27(31)30-20-9-11-21(12-10-20)34-24-13-14-28-23-16-26(33-4)25(32-3)15-22(23)24/h5-16,18H,1-4H3,(H2,29,30,31)/t18-/m0/s1. The molecule has 0 saturated carbocycles. The second-order valence-corrected chi connectivity index (χ2v) is 7.89. The Labute approximate surface area is 198 Å². The summed E-state index contributed by atoms with van der Waals surface area (Å²) in [6, 6.07) is 20.3. The molecule has 0 aliphatic carbocycles. The van der Waals surface area contributed by atoms with Crippen LogP contribution in [0.2, 0.25) is 0 Å².